The molecule has 16 nitrogen and oxygen atoms in total. The van der Waals surface area contributed by atoms with Gasteiger partial charge in [-0.05, 0) is 141 Å². The highest BCUT2D eigenvalue weighted by molar-refractivity contribution is 7.47. The van der Waals surface area contributed by atoms with Crippen LogP contribution in [0.1, 0.15) is 380 Å². The lowest BCUT2D eigenvalue weighted by atomic mass is 10.0. The number of hydrogen-bond acceptors (Lipinski definition) is 14. The first kappa shape index (κ1) is 105. The molecule has 0 rings (SSSR count). The molecule has 18 heteroatoms. The van der Waals surface area contributed by atoms with Crippen LogP contribution in [-0.2, 0) is 55.8 Å². The number of ether oxygens (including phenoxy) is 3. The van der Waals surface area contributed by atoms with Crippen LogP contribution in [0.3, 0.4) is 0 Å². The molecule has 0 fully saturated rings. The SMILES string of the molecule is CCCCC/C=C\C/C=C\C/C=C\C/C=C\CCCCCCCCCCCCCCCCCCCCCC(=O)OCC(O)COP(=O)(O)OCC(O)COP(=O)(O)OCC(COC(=O)CCCCCCCCC/C=C\C/C=C\C/C=C\C/C=C\CCCCC)OC(=O)CCCCCCC/C=C\C/C=C\CCCCC. The van der Waals surface area contributed by atoms with E-state index in [-0.39, 0.29) is 19.3 Å². The Kier molecular flexibility index (Phi) is 80.3. The summed E-state index contributed by atoms with van der Waals surface area (Å²) in [5, 5.41) is 20.7. The highest BCUT2D eigenvalue weighted by Gasteiger charge is 2.29. The van der Waals surface area contributed by atoms with E-state index >= 15 is 0 Å². The average Bonchev–Trinajstić information content (AvgIpc) is 0.902. The van der Waals surface area contributed by atoms with Crippen molar-refractivity contribution in [1.82, 2.24) is 0 Å². The van der Waals surface area contributed by atoms with E-state index in [2.05, 4.69) is 142 Å². The second-order valence-corrected chi connectivity index (χ2v) is 32.2. The molecule has 0 amide bonds. The van der Waals surface area contributed by atoms with Gasteiger partial charge in [-0.25, -0.2) is 9.13 Å². The van der Waals surface area contributed by atoms with Crippen LogP contribution < -0.4 is 0 Å². The number of phosphoric ester groups is 2. The number of aliphatic hydroxyl groups is 2. The quantitative estimate of drug-likeness (QED) is 0.0146. The Balaban J connectivity index is 4.43. The number of hydrogen-bond donors (Lipinski definition) is 4. The molecule has 0 aliphatic carbocycles. The van der Waals surface area contributed by atoms with Crippen LogP contribution in [0.25, 0.3) is 0 Å². The van der Waals surface area contributed by atoms with E-state index in [4.69, 9.17) is 32.3 Å². The van der Waals surface area contributed by atoms with Gasteiger partial charge in [0.15, 0.2) is 6.10 Å². The van der Waals surface area contributed by atoms with E-state index in [1.807, 2.05) is 0 Å². The van der Waals surface area contributed by atoms with E-state index in [1.165, 1.54) is 173 Å². The standard InChI is InChI=1S/C91H160O16P2/c1-4-7-10-13-16-19-22-25-28-30-32-34-36-37-38-39-40-41-42-43-44-45-46-47-49-51-52-54-57-59-62-65-68-71-74-77-89(94)101-80-86(92)81-103-108(97,98)104-82-87(93)83-105-109(99,100)106-85-88(107-91(96)79-76-73-70-67-64-61-56-27-24-21-18-15-12-9-6-3)84-102-90(95)78-75-72-69-66-63-60-58-55-53-50-48-35-33-31-29-26-23-20-17-14-11-8-5-2/h16-21,25-29,32-35,37-38,50,53,56,86-88,92-93H,4-15,22-24,30-31,36,39-49,51-52,54-55,57-85H2,1-3H3,(H,97,98)(H,99,100)/b19-16-,20-17-,21-18-,28-25-,29-26-,34-32-,35-33-,38-37-,53-50-,56-27-. The Labute approximate surface area is 665 Å². The van der Waals surface area contributed by atoms with Gasteiger partial charge in [-0.15, -0.1) is 0 Å². The van der Waals surface area contributed by atoms with Gasteiger partial charge in [-0.3, -0.25) is 32.5 Å². The predicted molar refractivity (Wildman–Crippen MR) is 454 cm³/mol. The molecule has 5 unspecified atom stereocenters. The molecule has 5 atom stereocenters. The summed E-state index contributed by atoms with van der Waals surface area (Å²) in [5.74, 6) is -1.59. The van der Waals surface area contributed by atoms with Crippen molar-refractivity contribution in [2.75, 3.05) is 39.6 Å². The zero-order valence-electron chi connectivity index (χ0n) is 69.2. The number of aliphatic hydroxyl groups excluding tert-OH is 2. The molecule has 0 bridgehead atoms. The molecule has 0 aromatic heterocycles. The van der Waals surface area contributed by atoms with Crippen LogP contribution in [0.15, 0.2) is 122 Å². The van der Waals surface area contributed by atoms with Gasteiger partial charge in [0.25, 0.3) is 0 Å². The van der Waals surface area contributed by atoms with Gasteiger partial charge in [0.2, 0.25) is 0 Å². The van der Waals surface area contributed by atoms with Crippen molar-refractivity contribution in [3.05, 3.63) is 122 Å². The lowest BCUT2D eigenvalue weighted by Gasteiger charge is -2.21. The first-order valence-electron chi connectivity index (χ1n) is 43.8. The van der Waals surface area contributed by atoms with E-state index in [9.17, 15) is 43.5 Å². The van der Waals surface area contributed by atoms with Gasteiger partial charge >= 0.3 is 33.6 Å². The summed E-state index contributed by atoms with van der Waals surface area (Å²) in [6.45, 7) is 2.61. The first-order valence-corrected chi connectivity index (χ1v) is 46.8. The second kappa shape index (κ2) is 83.4. The average molecular weight is 1570 g/mol. The summed E-state index contributed by atoms with van der Waals surface area (Å²) in [6, 6.07) is 0. The highest BCUT2D eigenvalue weighted by Crippen LogP contribution is 2.45. The first-order chi connectivity index (χ1) is 53.2. The smallest absolute Gasteiger partial charge is 0.463 e. The van der Waals surface area contributed by atoms with Gasteiger partial charge in [-0.1, -0.05) is 341 Å². The summed E-state index contributed by atoms with van der Waals surface area (Å²) < 4.78 is 61.3. The third-order valence-electron chi connectivity index (χ3n) is 18.6. The lowest BCUT2D eigenvalue weighted by molar-refractivity contribution is -0.161. The summed E-state index contributed by atoms with van der Waals surface area (Å²) in [4.78, 5) is 58.8. The monoisotopic (exact) mass is 1570 g/mol. The van der Waals surface area contributed by atoms with Crippen molar-refractivity contribution in [3.8, 4) is 0 Å². The van der Waals surface area contributed by atoms with Crippen LogP contribution >= 0.6 is 15.6 Å². The van der Waals surface area contributed by atoms with Crippen LogP contribution in [0.5, 0.6) is 0 Å². The normalized spacial score (nSPS) is 14.4. The minimum atomic E-state index is -4.94. The van der Waals surface area contributed by atoms with Crippen molar-refractivity contribution in [1.29, 1.82) is 0 Å². The fourth-order valence-electron chi connectivity index (χ4n) is 11.9. The van der Waals surface area contributed by atoms with Crippen LogP contribution in [0.4, 0.5) is 0 Å². The van der Waals surface area contributed by atoms with E-state index in [0.29, 0.717) is 19.3 Å². The number of phosphoric acid groups is 2. The van der Waals surface area contributed by atoms with Crippen molar-refractivity contribution in [2.24, 2.45) is 0 Å². The maximum absolute atomic E-state index is 13.0. The molecule has 0 saturated heterocycles. The van der Waals surface area contributed by atoms with Gasteiger partial charge in [0, 0.05) is 19.3 Å². The minimum Gasteiger partial charge on any atom is -0.463 e. The number of rotatable bonds is 83. The molecule has 0 spiro atoms. The maximum atomic E-state index is 13.0. The molecule has 0 radical (unpaired) electrons. The second-order valence-electron chi connectivity index (χ2n) is 29.3. The molecule has 4 N–H and O–H groups in total. The highest BCUT2D eigenvalue weighted by atomic mass is 31.2. The number of allylic oxidation sites excluding steroid dienone is 20. The van der Waals surface area contributed by atoms with Gasteiger partial charge in [0.1, 0.15) is 25.4 Å². The molecule has 0 saturated carbocycles. The summed E-state index contributed by atoms with van der Waals surface area (Å²) >= 11 is 0. The molecule has 109 heavy (non-hydrogen) atoms. The summed E-state index contributed by atoms with van der Waals surface area (Å²) in [7, 11) is -9.80. The van der Waals surface area contributed by atoms with Crippen LogP contribution in [-0.4, -0.2) is 95.9 Å². The van der Waals surface area contributed by atoms with E-state index < -0.39 is 91.5 Å². The maximum Gasteiger partial charge on any atom is 0.472 e. The van der Waals surface area contributed by atoms with Crippen LogP contribution in [0, 0.1) is 0 Å². The Bertz CT molecular complexity index is 2460. The number of esters is 3. The molecule has 0 aromatic carbocycles. The third kappa shape index (κ3) is 84.7. The van der Waals surface area contributed by atoms with Crippen molar-refractivity contribution in [2.45, 2.75) is 399 Å². The summed E-state index contributed by atoms with van der Waals surface area (Å²) in [6.07, 6.45) is 101. The largest absolute Gasteiger partial charge is 0.472 e. The van der Waals surface area contributed by atoms with Gasteiger partial charge < -0.3 is 34.2 Å². The van der Waals surface area contributed by atoms with Crippen molar-refractivity contribution in [3.63, 3.8) is 0 Å². The number of carbonyl (C=O) groups excluding carboxylic acids is 3. The summed E-state index contributed by atoms with van der Waals surface area (Å²) in [5.41, 5.74) is 0. The molecule has 0 aliphatic rings. The predicted octanol–water partition coefficient (Wildman–Crippen LogP) is 26.4. The zero-order valence-corrected chi connectivity index (χ0v) is 71.0. The fourth-order valence-corrected chi connectivity index (χ4v) is 13.5. The van der Waals surface area contributed by atoms with Crippen LogP contribution in [0.2, 0.25) is 0 Å². The molecule has 630 valence electrons. The molecule has 0 aliphatic heterocycles. The number of carbonyl (C=O) groups is 3. The van der Waals surface area contributed by atoms with Gasteiger partial charge in [-0.2, -0.15) is 0 Å². The third-order valence-corrected chi connectivity index (χ3v) is 20.5. The molecule has 0 heterocycles. The van der Waals surface area contributed by atoms with Crippen molar-refractivity contribution < 1.29 is 75.8 Å². The Morgan fingerprint density at radius 3 is 0.725 bits per heavy atom. The van der Waals surface area contributed by atoms with E-state index in [0.717, 1.165) is 148 Å². The molecule has 0 aromatic rings. The zero-order chi connectivity index (χ0) is 79.4. The Hall–Kier alpha value is -4.05. The molecular formula is C91H160O16P2. The fraction of sp³-hybridized carbons (Fsp3) is 0.747. The lowest BCUT2D eigenvalue weighted by Crippen LogP contribution is -2.30. The number of unbranched alkanes of at least 4 members (excludes halogenated alkanes) is 40. The minimum absolute atomic E-state index is 0.0850. The Morgan fingerprint density at radius 1 is 0.257 bits per heavy atom. The van der Waals surface area contributed by atoms with Crippen molar-refractivity contribution >= 4 is 33.6 Å². The topological polar surface area (TPSA) is 231 Å². The van der Waals surface area contributed by atoms with E-state index in [1.54, 1.807) is 0 Å². The molecular weight excluding hydrogens is 1410 g/mol. The van der Waals surface area contributed by atoms with Gasteiger partial charge in [0.05, 0.1) is 26.4 Å². The Morgan fingerprint density at radius 2 is 0.459 bits per heavy atom.